The molecule has 0 aromatic heterocycles. The molecular formula is C17H24OS. The van der Waals surface area contributed by atoms with Crippen molar-refractivity contribution < 1.29 is 4.55 Å². The molecule has 0 bridgehead atoms. The van der Waals surface area contributed by atoms with Crippen LogP contribution in [-0.2, 0) is 6.42 Å². The first-order valence-electron chi connectivity index (χ1n) is 7.36. The fourth-order valence-corrected chi connectivity index (χ4v) is 3.12. The molecule has 104 valence electrons. The molecule has 0 radical (unpaired) electrons. The van der Waals surface area contributed by atoms with Gasteiger partial charge in [-0.3, -0.25) is 0 Å². The third-order valence-corrected chi connectivity index (χ3v) is 4.32. The summed E-state index contributed by atoms with van der Waals surface area (Å²) in [6.07, 6.45) is 11.0. The normalized spacial score (nSPS) is 14.1. The molecule has 0 heterocycles. The Balaban J connectivity index is 1.84. The number of allylic oxidation sites excluding steroid dienone is 2. The average molecular weight is 276 g/mol. The van der Waals surface area contributed by atoms with E-state index in [0.717, 1.165) is 24.2 Å². The van der Waals surface area contributed by atoms with Crippen LogP contribution in [0.25, 0.3) is 5.57 Å². The van der Waals surface area contributed by atoms with Crippen LogP contribution in [0.4, 0.5) is 0 Å². The van der Waals surface area contributed by atoms with Gasteiger partial charge in [-0.2, -0.15) is 0 Å². The molecule has 1 aliphatic carbocycles. The Hall–Kier alpha value is -0.730. The second-order valence-corrected chi connectivity index (χ2v) is 6.09. The van der Waals surface area contributed by atoms with E-state index in [1.165, 1.54) is 55.2 Å². The number of hydrogen-bond donors (Lipinski definition) is 1. The van der Waals surface area contributed by atoms with Crippen molar-refractivity contribution in [2.75, 3.05) is 5.75 Å². The summed E-state index contributed by atoms with van der Waals surface area (Å²) in [4.78, 5) is 0. The van der Waals surface area contributed by atoms with Crippen LogP contribution in [0.1, 0.15) is 55.2 Å². The molecule has 19 heavy (non-hydrogen) atoms. The lowest BCUT2D eigenvalue weighted by Gasteiger charge is -2.18. The van der Waals surface area contributed by atoms with Gasteiger partial charge in [-0.05, 0) is 67.8 Å². The van der Waals surface area contributed by atoms with E-state index in [4.69, 9.17) is 4.55 Å². The van der Waals surface area contributed by atoms with Crippen molar-refractivity contribution in [1.29, 1.82) is 0 Å². The van der Waals surface area contributed by atoms with E-state index in [1.807, 2.05) is 0 Å². The fraction of sp³-hybridized carbons (Fsp3) is 0.529. The average Bonchev–Trinajstić information content (AvgIpc) is 2.43. The number of hydrogen-bond acceptors (Lipinski definition) is 2. The molecule has 0 atom stereocenters. The fourth-order valence-electron chi connectivity index (χ4n) is 2.79. The summed E-state index contributed by atoms with van der Waals surface area (Å²) < 4.78 is 8.67. The molecule has 0 aliphatic heterocycles. The van der Waals surface area contributed by atoms with E-state index in [-0.39, 0.29) is 0 Å². The summed E-state index contributed by atoms with van der Waals surface area (Å²) in [7, 11) is 0. The molecule has 0 fully saturated rings. The molecule has 1 aromatic carbocycles. The van der Waals surface area contributed by atoms with E-state index in [0.29, 0.717) is 0 Å². The van der Waals surface area contributed by atoms with Gasteiger partial charge in [0, 0.05) is 5.75 Å². The number of aryl methyl sites for hydroxylation is 2. The zero-order valence-electron chi connectivity index (χ0n) is 11.8. The molecule has 1 aromatic rings. The van der Waals surface area contributed by atoms with Crippen molar-refractivity contribution >= 4 is 17.6 Å². The molecule has 0 unspecified atom stereocenters. The van der Waals surface area contributed by atoms with Crippen LogP contribution in [0.5, 0.6) is 0 Å². The van der Waals surface area contributed by atoms with Gasteiger partial charge in [-0.1, -0.05) is 42.7 Å². The lowest BCUT2D eigenvalue weighted by molar-refractivity contribution is 0.645. The summed E-state index contributed by atoms with van der Waals surface area (Å²) in [6, 6.07) is 6.88. The molecular weight excluding hydrogens is 252 g/mol. The van der Waals surface area contributed by atoms with Gasteiger partial charge in [-0.25, -0.2) is 0 Å². The van der Waals surface area contributed by atoms with Crippen molar-refractivity contribution in [3.63, 3.8) is 0 Å². The summed E-state index contributed by atoms with van der Waals surface area (Å²) in [5.41, 5.74) is 5.95. The second-order valence-electron chi connectivity index (χ2n) is 5.43. The maximum Gasteiger partial charge on any atom is 0.0195 e. The van der Waals surface area contributed by atoms with Crippen LogP contribution in [0.15, 0.2) is 24.3 Å². The van der Waals surface area contributed by atoms with Crippen LogP contribution in [0.2, 0.25) is 0 Å². The third kappa shape index (κ3) is 4.39. The van der Waals surface area contributed by atoms with Crippen LogP contribution in [0.3, 0.4) is 0 Å². The SMILES string of the molecule is Cc1ccc2c(c1)C(CCCCCCSO)=CCC2. The molecule has 0 amide bonds. The highest BCUT2D eigenvalue weighted by molar-refractivity contribution is 7.93. The van der Waals surface area contributed by atoms with Gasteiger partial charge in [0.1, 0.15) is 0 Å². The topological polar surface area (TPSA) is 20.2 Å². The first-order chi connectivity index (χ1) is 9.31. The van der Waals surface area contributed by atoms with Crippen LogP contribution < -0.4 is 0 Å². The smallest absolute Gasteiger partial charge is 0.0195 e. The standard InChI is InChI=1S/C17H24OS/c1-14-10-11-16-9-6-8-15(17(16)13-14)7-4-2-3-5-12-19-18/h8,10-11,13,18H,2-7,9,12H2,1H3. The monoisotopic (exact) mass is 276 g/mol. The molecule has 2 heteroatoms. The Morgan fingerprint density at radius 3 is 2.84 bits per heavy atom. The highest BCUT2D eigenvalue weighted by Crippen LogP contribution is 2.31. The Bertz CT molecular complexity index is 437. The molecule has 1 N–H and O–H groups in total. The second kappa shape index (κ2) is 7.76. The molecule has 1 aliphatic rings. The lowest BCUT2D eigenvalue weighted by atomic mass is 9.87. The number of benzene rings is 1. The predicted molar refractivity (Wildman–Crippen MR) is 85.6 cm³/mol. The first-order valence-corrected chi connectivity index (χ1v) is 8.31. The number of fused-ring (bicyclic) bond motifs is 1. The third-order valence-electron chi connectivity index (χ3n) is 3.85. The van der Waals surface area contributed by atoms with Crippen molar-refractivity contribution in [1.82, 2.24) is 0 Å². The maximum absolute atomic E-state index is 8.67. The van der Waals surface area contributed by atoms with Gasteiger partial charge in [0.15, 0.2) is 0 Å². The minimum Gasteiger partial charge on any atom is -0.330 e. The first kappa shape index (κ1) is 14.7. The zero-order chi connectivity index (χ0) is 13.5. The highest BCUT2D eigenvalue weighted by Gasteiger charge is 2.12. The summed E-state index contributed by atoms with van der Waals surface area (Å²) in [5.74, 6) is 0.880. The molecule has 0 saturated carbocycles. The van der Waals surface area contributed by atoms with E-state index in [2.05, 4.69) is 31.2 Å². The van der Waals surface area contributed by atoms with Crippen molar-refractivity contribution in [3.8, 4) is 0 Å². The van der Waals surface area contributed by atoms with Crippen molar-refractivity contribution in [3.05, 3.63) is 41.0 Å². The van der Waals surface area contributed by atoms with Gasteiger partial charge < -0.3 is 4.55 Å². The molecule has 0 spiro atoms. The number of rotatable bonds is 7. The largest absolute Gasteiger partial charge is 0.330 e. The van der Waals surface area contributed by atoms with Gasteiger partial charge in [0.05, 0.1) is 0 Å². The Labute approximate surface area is 121 Å². The molecule has 0 saturated heterocycles. The van der Waals surface area contributed by atoms with E-state index < -0.39 is 0 Å². The van der Waals surface area contributed by atoms with Gasteiger partial charge in [0.25, 0.3) is 0 Å². The van der Waals surface area contributed by atoms with Crippen molar-refractivity contribution in [2.45, 2.75) is 51.9 Å². The predicted octanol–water partition coefficient (Wildman–Crippen LogP) is 5.48. The quantitative estimate of drug-likeness (QED) is 0.525. The Morgan fingerprint density at radius 2 is 2.00 bits per heavy atom. The maximum atomic E-state index is 8.67. The number of unbranched alkanes of at least 4 members (excludes halogenated alkanes) is 3. The Kier molecular flexibility index (Phi) is 5.99. The van der Waals surface area contributed by atoms with Crippen molar-refractivity contribution in [2.24, 2.45) is 0 Å². The van der Waals surface area contributed by atoms with Gasteiger partial charge >= 0.3 is 0 Å². The minimum absolute atomic E-state index is 0.880. The van der Waals surface area contributed by atoms with Crippen LogP contribution in [-0.4, -0.2) is 10.3 Å². The van der Waals surface area contributed by atoms with Crippen LogP contribution >= 0.6 is 12.0 Å². The zero-order valence-corrected chi connectivity index (χ0v) is 12.6. The highest BCUT2D eigenvalue weighted by atomic mass is 32.2. The summed E-state index contributed by atoms with van der Waals surface area (Å²) in [5, 5.41) is 0. The summed E-state index contributed by atoms with van der Waals surface area (Å²) in [6.45, 7) is 2.18. The summed E-state index contributed by atoms with van der Waals surface area (Å²) >= 11 is 0.969. The van der Waals surface area contributed by atoms with E-state index in [1.54, 1.807) is 5.57 Å². The van der Waals surface area contributed by atoms with Gasteiger partial charge in [0.2, 0.25) is 0 Å². The minimum atomic E-state index is 0.880. The lowest BCUT2D eigenvalue weighted by Crippen LogP contribution is -2.00. The van der Waals surface area contributed by atoms with E-state index >= 15 is 0 Å². The van der Waals surface area contributed by atoms with Crippen LogP contribution in [0, 0.1) is 6.92 Å². The molecule has 1 nitrogen and oxygen atoms in total. The van der Waals surface area contributed by atoms with Gasteiger partial charge in [-0.15, -0.1) is 0 Å². The Morgan fingerprint density at radius 1 is 1.16 bits per heavy atom. The molecule has 2 rings (SSSR count). The van der Waals surface area contributed by atoms with E-state index in [9.17, 15) is 0 Å².